The second-order valence-electron chi connectivity index (χ2n) is 5.28. The third kappa shape index (κ3) is 3.36. The third-order valence-corrected chi connectivity index (χ3v) is 4.10. The zero-order valence-electron chi connectivity index (χ0n) is 11.6. The van der Waals surface area contributed by atoms with Gasteiger partial charge >= 0.3 is 0 Å². The Morgan fingerprint density at radius 3 is 2.67 bits per heavy atom. The van der Waals surface area contributed by atoms with Gasteiger partial charge in [0.05, 0.1) is 5.02 Å². The summed E-state index contributed by atoms with van der Waals surface area (Å²) in [5.41, 5.74) is 1.12. The molecule has 1 heterocycles. The molecule has 1 fully saturated rings. The Balaban J connectivity index is 1.88. The molecule has 0 saturated carbocycles. The Labute approximate surface area is 128 Å². The molecule has 0 aliphatic carbocycles. The van der Waals surface area contributed by atoms with Crippen molar-refractivity contribution < 1.29 is 9.13 Å². The fraction of sp³-hybridized carbons (Fsp3) is 0.294. The quantitative estimate of drug-likeness (QED) is 0.913. The molecular weight excluding hydrogens is 289 g/mol. The second-order valence-corrected chi connectivity index (χ2v) is 5.68. The molecule has 2 aromatic carbocycles. The van der Waals surface area contributed by atoms with Crippen LogP contribution in [0.5, 0.6) is 5.75 Å². The van der Waals surface area contributed by atoms with Crippen molar-refractivity contribution >= 4 is 11.6 Å². The molecule has 0 spiro atoms. The molecule has 2 aromatic rings. The zero-order valence-corrected chi connectivity index (χ0v) is 12.3. The highest BCUT2D eigenvalue weighted by Crippen LogP contribution is 2.35. The Bertz CT molecular complexity index is 599. The molecule has 0 bridgehead atoms. The number of hydrogen-bond donors (Lipinski definition) is 1. The lowest BCUT2D eigenvalue weighted by Crippen LogP contribution is -2.21. The summed E-state index contributed by atoms with van der Waals surface area (Å²) in [5.74, 6) is 0.554. The van der Waals surface area contributed by atoms with Gasteiger partial charge in [-0.2, -0.15) is 0 Å². The first-order valence-corrected chi connectivity index (χ1v) is 7.49. The molecule has 0 unspecified atom stereocenters. The maximum Gasteiger partial charge on any atom is 0.139 e. The summed E-state index contributed by atoms with van der Waals surface area (Å²) < 4.78 is 19.3. The van der Waals surface area contributed by atoms with Crippen LogP contribution in [0, 0.1) is 11.7 Å². The summed E-state index contributed by atoms with van der Waals surface area (Å²) in [6, 6.07) is 14.3. The van der Waals surface area contributed by atoms with Crippen molar-refractivity contribution in [1.82, 2.24) is 5.32 Å². The van der Waals surface area contributed by atoms with Gasteiger partial charge in [0.1, 0.15) is 17.7 Å². The minimum absolute atomic E-state index is 0.0795. The molecular formula is C17H17ClFNO. The molecule has 1 N–H and O–H groups in total. The molecule has 0 aromatic heterocycles. The first-order valence-electron chi connectivity index (χ1n) is 7.11. The van der Waals surface area contributed by atoms with Crippen molar-refractivity contribution in [3.63, 3.8) is 0 Å². The van der Waals surface area contributed by atoms with Gasteiger partial charge in [-0.15, -0.1) is 0 Å². The molecule has 2 atom stereocenters. The molecule has 1 aliphatic heterocycles. The molecule has 3 rings (SSSR count). The average molecular weight is 306 g/mol. The number of nitrogens with one attached hydrogen (secondary N) is 1. The third-order valence-electron chi connectivity index (χ3n) is 3.80. The summed E-state index contributed by atoms with van der Waals surface area (Å²) in [6.07, 6.45) is 0.974. The summed E-state index contributed by atoms with van der Waals surface area (Å²) in [6.45, 7) is 1.91. The summed E-state index contributed by atoms with van der Waals surface area (Å²) in [4.78, 5) is 0. The zero-order chi connectivity index (χ0) is 14.7. The van der Waals surface area contributed by atoms with E-state index in [2.05, 4.69) is 17.4 Å². The summed E-state index contributed by atoms with van der Waals surface area (Å²) in [7, 11) is 0. The van der Waals surface area contributed by atoms with Crippen molar-refractivity contribution in [2.45, 2.75) is 12.5 Å². The lowest BCUT2D eigenvalue weighted by molar-refractivity contribution is 0.144. The van der Waals surface area contributed by atoms with E-state index < -0.39 is 0 Å². The van der Waals surface area contributed by atoms with E-state index in [1.807, 2.05) is 18.2 Å². The molecule has 2 nitrogen and oxygen atoms in total. The van der Waals surface area contributed by atoms with Gasteiger partial charge in [-0.1, -0.05) is 41.9 Å². The van der Waals surface area contributed by atoms with Gasteiger partial charge in [-0.05, 0) is 36.7 Å². The number of benzene rings is 2. The van der Waals surface area contributed by atoms with Crippen molar-refractivity contribution in [3.8, 4) is 5.75 Å². The first-order chi connectivity index (χ1) is 10.2. The molecule has 0 radical (unpaired) electrons. The van der Waals surface area contributed by atoms with Gasteiger partial charge in [0.2, 0.25) is 0 Å². The van der Waals surface area contributed by atoms with Crippen LogP contribution in [-0.4, -0.2) is 13.1 Å². The largest absolute Gasteiger partial charge is 0.484 e. The van der Waals surface area contributed by atoms with Gasteiger partial charge in [-0.25, -0.2) is 4.39 Å². The molecule has 4 heteroatoms. The molecule has 110 valence electrons. The van der Waals surface area contributed by atoms with Gasteiger partial charge in [0.25, 0.3) is 0 Å². The van der Waals surface area contributed by atoms with Crippen molar-refractivity contribution in [3.05, 3.63) is 64.9 Å². The van der Waals surface area contributed by atoms with Crippen LogP contribution in [0.2, 0.25) is 5.02 Å². The van der Waals surface area contributed by atoms with Crippen LogP contribution in [-0.2, 0) is 0 Å². The predicted octanol–water partition coefficient (Wildman–Crippen LogP) is 4.21. The average Bonchev–Trinajstić information content (AvgIpc) is 3.01. The van der Waals surface area contributed by atoms with Crippen LogP contribution in [0.3, 0.4) is 0 Å². The number of hydrogen-bond acceptors (Lipinski definition) is 2. The van der Waals surface area contributed by atoms with E-state index >= 15 is 0 Å². The molecule has 1 saturated heterocycles. The normalized spacial score (nSPS) is 19.4. The highest BCUT2D eigenvalue weighted by atomic mass is 35.5. The fourth-order valence-electron chi connectivity index (χ4n) is 2.72. The van der Waals surface area contributed by atoms with E-state index in [1.54, 1.807) is 6.07 Å². The van der Waals surface area contributed by atoms with Crippen LogP contribution in [0.15, 0.2) is 48.5 Å². The van der Waals surface area contributed by atoms with Crippen LogP contribution in [0.1, 0.15) is 18.1 Å². The van der Waals surface area contributed by atoms with Crippen molar-refractivity contribution in [2.24, 2.45) is 5.92 Å². The van der Waals surface area contributed by atoms with Gasteiger partial charge in [0, 0.05) is 12.5 Å². The number of ether oxygens (including phenoxy) is 1. The van der Waals surface area contributed by atoms with E-state index in [4.69, 9.17) is 16.3 Å². The van der Waals surface area contributed by atoms with Crippen LogP contribution in [0.4, 0.5) is 4.39 Å². The minimum Gasteiger partial charge on any atom is -0.484 e. The van der Waals surface area contributed by atoms with Crippen molar-refractivity contribution in [2.75, 3.05) is 13.1 Å². The molecule has 21 heavy (non-hydrogen) atoms. The SMILES string of the molecule is Fc1ccc(O[C@@H](c2ccccc2)[C@H]2CCNC2)c(Cl)c1. The maximum absolute atomic E-state index is 13.2. The lowest BCUT2D eigenvalue weighted by atomic mass is 9.95. The Hall–Kier alpha value is -1.58. The van der Waals surface area contributed by atoms with Gasteiger partial charge in [0.15, 0.2) is 0 Å². The van der Waals surface area contributed by atoms with Crippen LogP contribution in [0.25, 0.3) is 0 Å². The molecule has 0 amide bonds. The Kier molecular flexibility index (Phi) is 4.42. The smallest absolute Gasteiger partial charge is 0.139 e. The second kappa shape index (κ2) is 6.46. The van der Waals surface area contributed by atoms with Crippen LogP contribution < -0.4 is 10.1 Å². The topological polar surface area (TPSA) is 21.3 Å². The van der Waals surface area contributed by atoms with Crippen LogP contribution >= 0.6 is 11.6 Å². The maximum atomic E-state index is 13.2. The number of rotatable bonds is 4. The van der Waals surface area contributed by atoms with E-state index in [0.717, 1.165) is 25.1 Å². The van der Waals surface area contributed by atoms with E-state index in [1.165, 1.54) is 12.1 Å². The monoisotopic (exact) mass is 305 g/mol. The highest BCUT2D eigenvalue weighted by Gasteiger charge is 2.28. The minimum atomic E-state index is -0.355. The summed E-state index contributed by atoms with van der Waals surface area (Å²) in [5, 5.41) is 3.67. The standard InChI is InChI=1S/C17H17ClFNO/c18-15-10-14(19)6-7-16(15)21-17(13-8-9-20-11-13)12-4-2-1-3-5-12/h1-7,10,13,17,20H,8-9,11H2/t13-,17-/m0/s1. The fourth-order valence-corrected chi connectivity index (χ4v) is 2.93. The molecule has 1 aliphatic rings. The van der Waals surface area contributed by atoms with E-state index in [-0.39, 0.29) is 11.9 Å². The first kappa shape index (κ1) is 14.4. The van der Waals surface area contributed by atoms with E-state index in [0.29, 0.717) is 16.7 Å². The lowest BCUT2D eigenvalue weighted by Gasteiger charge is -2.25. The van der Waals surface area contributed by atoms with Gasteiger partial charge < -0.3 is 10.1 Å². The Morgan fingerprint density at radius 2 is 2.00 bits per heavy atom. The number of halogens is 2. The van der Waals surface area contributed by atoms with Crippen molar-refractivity contribution in [1.29, 1.82) is 0 Å². The highest BCUT2D eigenvalue weighted by molar-refractivity contribution is 6.32. The predicted molar refractivity (Wildman–Crippen MR) is 82.2 cm³/mol. The summed E-state index contributed by atoms with van der Waals surface area (Å²) >= 11 is 6.09. The van der Waals surface area contributed by atoms with E-state index in [9.17, 15) is 4.39 Å². The van der Waals surface area contributed by atoms with Gasteiger partial charge in [-0.3, -0.25) is 0 Å². The Morgan fingerprint density at radius 1 is 1.19 bits per heavy atom.